The van der Waals surface area contributed by atoms with Crippen molar-refractivity contribution in [3.05, 3.63) is 17.5 Å². The highest BCUT2D eigenvalue weighted by atomic mass is 15.1. The van der Waals surface area contributed by atoms with Crippen molar-refractivity contribution < 1.29 is 0 Å². The first-order valence-corrected chi connectivity index (χ1v) is 8.45. The fraction of sp³-hybridized carbons (Fsp3) is 0.824. The molecule has 1 aromatic rings. The second-order valence-electron chi connectivity index (χ2n) is 6.53. The molecule has 1 saturated carbocycles. The van der Waals surface area contributed by atoms with E-state index in [2.05, 4.69) is 36.0 Å². The van der Waals surface area contributed by atoms with Gasteiger partial charge in [-0.3, -0.25) is 5.10 Å². The lowest BCUT2D eigenvalue weighted by atomic mass is 9.79. The highest BCUT2D eigenvalue weighted by molar-refractivity contribution is 5.21. The average Bonchev–Trinajstić information content (AvgIpc) is 2.93. The van der Waals surface area contributed by atoms with Crippen LogP contribution < -0.4 is 0 Å². The second kappa shape index (κ2) is 7.82. The van der Waals surface area contributed by atoms with Crippen LogP contribution in [-0.2, 0) is 6.54 Å². The highest BCUT2D eigenvalue weighted by Gasteiger charge is 2.24. The van der Waals surface area contributed by atoms with Gasteiger partial charge in [-0.2, -0.15) is 5.10 Å². The topological polar surface area (TPSA) is 31.9 Å². The maximum absolute atomic E-state index is 4.32. The van der Waals surface area contributed by atoms with Gasteiger partial charge in [0.25, 0.3) is 0 Å². The lowest BCUT2D eigenvalue weighted by Crippen LogP contribution is -2.20. The molecule has 1 N–H and O–H groups in total. The van der Waals surface area contributed by atoms with E-state index < -0.39 is 0 Å². The first kappa shape index (κ1) is 15.6. The summed E-state index contributed by atoms with van der Waals surface area (Å²) in [5, 5.41) is 7.61. The summed E-state index contributed by atoms with van der Waals surface area (Å²) in [7, 11) is 2.22. The number of unbranched alkanes of at least 4 members (excludes halogenated alkanes) is 1. The van der Waals surface area contributed by atoms with Crippen molar-refractivity contribution in [2.75, 3.05) is 13.6 Å². The van der Waals surface area contributed by atoms with Crippen LogP contribution in [0.1, 0.15) is 76.0 Å². The van der Waals surface area contributed by atoms with E-state index in [0.717, 1.165) is 18.4 Å². The highest BCUT2D eigenvalue weighted by Crippen LogP contribution is 2.37. The van der Waals surface area contributed by atoms with Gasteiger partial charge in [0.1, 0.15) is 0 Å². The third-order valence-corrected chi connectivity index (χ3v) is 4.92. The van der Waals surface area contributed by atoms with Gasteiger partial charge in [-0.05, 0) is 51.6 Å². The number of aromatic nitrogens is 2. The van der Waals surface area contributed by atoms with Crippen LogP contribution in [0.2, 0.25) is 0 Å². The Hall–Kier alpha value is -0.830. The molecule has 1 aliphatic carbocycles. The third kappa shape index (κ3) is 4.08. The lowest BCUT2D eigenvalue weighted by molar-refractivity contribution is 0.303. The Bertz CT molecular complexity index is 377. The summed E-state index contributed by atoms with van der Waals surface area (Å²) in [6.45, 7) is 6.81. The number of aromatic amines is 1. The molecule has 0 bridgehead atoms. The molecule has 1 heterocycles. The standard InChI is InChI=1S/C17H31N3/c1-4-6-11-20(3)13-16-12-18-19-17(16)15-9-7-14(5-2)8-10-15/h12,14-15H,4-11,13H2,1-3H3,(H,18,19). The quantitative estimate of drug-likeness (QED) is 0.804. The van der Waals surface area contributed by atoms with Crippen molar-refractivity contribution in [2.24, 2.45) is 5.92 Å². The van der Waals surface area contributed by atoms with E-state index in [4.69, 9.17) is 0 Å². The number of nitrogens with zero attached hydrogens (tertiary/aromatic N) is 2. The van der Waals surface area contributed by atoms with Crippen LogP contribution in [0.4, 0.5) is 0 Å². The van der Waals surface area contributed by atoms with Gasteiger partial charge in [-0.1, -0.05) is 26.7 Å². The smallest absolute Gasteiger partial charge is 0.0535 e. The van der Waals surface area contributed by atoms with Gasteiger partial charge in [-0.15, -0.1) is 0 Å². The Kier molecular flexibility index (Phi) is 6.08. The summed E-state index contributed by atoms with van der Waals surface area (Å²) < 4.78 is 0. The predicted octanol–water partition coefficient (Wildman–Crippen LogP) is 4.33. The van der Waals surface area contributed by atoms with Gasteiger partial charge in [0, 0.05) is 23.7 Å². The van der Waals surface area contributed by atoms with Crippen molar-refractivity contribution in [3.8, 4) is 0 Å². The Morgan fingerprint density at radius 1 is 1.25 bits per heavy atom. The predicted molar refractivity (Wildman–Crippen MR) is 84.8 cm³/mol. The van der Waals surface area contributed by atoms with Crippen molar-refractivity contribution in [1.82, 2.24) is 15.1 Å². The molecule has 0 spiro atoms. The van der Waals surface area contributed by atoms with Gasteiger partial charge >= 0.3 is 0 Å². The molecule has 3 nitrogen and oxygen atoms in total. The zero-order chi connectivity index (χ0) is 14.4. The van der Waals surface area contributed by atoms with E-state index in [9.17, 15) is 0 Å². The molecule has 0 aliphatic heterocycles. The minimum atomic E-state index is 0.717. The number of H-pyrrole nitrogens is 1. The summed E-state index contributed by atoms with van der Waals surface area (Å²) in [5.74, 6) is 1.68. The van der Waals surface area contributed by atoms with Crippen LogP contribution >= 0.6 is 0 Å². The molecule has 3 heteroatoms. The van der Waals surface area contributed by atoms with E-state index in [1.807, 2.05) is 6.20 Å². The van der Waals surface area contributed by atoms with E-state index in [1.165, 1.54) is 62.7 Å². The van der Waals surface area contributed by atoms with Crippen LogP contribution in [0.3, 0.4) is 0 Å². The molecule has 1 aliphatic rings. The van der Waals surface area contributed by atoms with Crippen LogP contribution in [0.5, 0.6) is 0 Å². The first-order valence-electron chi connectivity index (χ1n) is 8.45. The Morgan fingerprint density at radius 2 is 2.00 bits per heavy atom. The molecular formula is C17H31N3. The van der Waals surface area contributed by atoms with Gasteiger partial charge in [0.05, 0.1) is 6.20 Å². The molecule has 0 unspecified atom stereocenters. The summed E-state index contributed by atoms with van der Waals surface area (Å²) in [6.07, 6.45) is 11.4. The Morgan fingerprint density at radius 3 is 2.65 bits per heavy atom. The molecule has 114 valence electrons. The fourth-order valence-corrected chi connectivity index (χ4v) is 3.46. The zero-order valence-electron chi connectivity index (χ0n) is 13.5. The van der Waals surface area contributed by atoms with Crippen LogP contribution in [0.15, 0.2) is 6.20 Å². The minimum absolute atomic E-state index is 0.717. The maximum atomic E-state index is 4.32. The largest absolute Gasteiger partial charge is 0.302 e. The number of hydrogen-bond donors (Lipinski definition) is 1. The van der Waals surface area contributed by atoms with Crippen LogP contribution in [-0.4, -0.2) is 28.7 Å². The average molecular weight is 277 g/mol. The fourth-order valence-electron chi connectivity index (χ4n) is 3.46. The minimum Gasteiger partial charge on any atom is -0.302 e. The molecular weight excluding hydrogens is 246 g/mol. The molecule has 2 rings (SSSR count). The van der Waals surface area contributed by atoms with Crippen molar-refractivity contribution in [1.29, 1.82) is 0 Å². The van der Waals surface area contributed by atoms with Gasteiger partial charge < -0.3 is 4.90 Å². The SMILES string of the molecule is CCCCN(C)Cc1cn[nH]c1C1CCC(CC)CC1. The number of rotatable bonds is 7. The van der Waals surface area contributed by atoms with Crippen molar-refractivity contribution in [3.63, 3.8) is 0 Å². The van der Waals surface area contributed by atoms with Gasteiger partial charge in [0.15, 0.2) is 0 Å². The summed E-state index contributed by atoms with van der Waals surface area (Å²) in [4.78, 5) is 2.43. The first-order chi connectivity index (χ1) is 9.74. The second-order valence-corrected chi connectivity index (χ2v) is 6.53. The third-order valence-electron chi connectivity index (χ3n) is 4.92. The molecule has 0 saturated heterocycles. The lowest BCUT2D eigenvalue weighted by Gasteiger charge is -2.28. The summed E-state index contributed by atoms with van der Waals surface area (Å²) in [6, 6.07) is 0. The Labute approximate surface area is 124 Å². The molecule has 0 atom stereocenters. The molecule has 0 aromatic carbocycles. The van der Waals surface area contributed by atoms with Crippen LogP contribution in [0, 0.1) is 5.92 Å². The van der Waals surface area contributed by atoms with Crippen molar-refractivity contribution in [2.45, 2.75) is 71.3 Å². The maximum Gasteiger partial charge on any atom is 0.0535 e. The molecule has 1 aromatic heterocycles. The molecule has 20 heavy (non-hydrogen) atoms. The van der Waals surface area contributed by atoms with Gasteiger partial charge in [0.2, 0.25) is 0 Å². The van der Waals surface area contributed by atoms with Crippen molar-refractivity contribution >= 4 is 0 Å². The van der Waals surface area contributed by atoms with E-state index in [1.54, 1.807) is 0 Å². The summed E-state index contributed by atoms with van der Waals surface area (Å²) >= 11 is 0. The van der Waals surface area contributed by atoms with E-state index >= 15 is 0 Å². The number of hydrogen-bond acceptors (Lipinski definition) is 2. The van der Waals surface area contributed by atoms with Gasteiger partial charge in [-0.25, -0.2) is 0 Å². The summed E-state index contributed by atoms with van der Waals surface area (Å²) in [5.41, 5.74) is 2.84. The number of nitrogens with one attached hydrogen (secondary N) is 1. The molecule has 0 radical (unpaired) electrons. The normalized spacial score (nSPS) is 23.4. The van der Waals surface area contributed by atoms with Crippen LogP contribution in [0.25, 0.3) is 0 Å². The van der Waals surface area contributed by atoms with E-state index in [0.29, 0.717) is 0 Å². The molecule has 0 amide bonds. The van der Waals surface area contributed by atoms with E-state index in [-0.39, 0.29) is 0 Å². The Balaban J connectivity index is 1.91. The monoisotopic (exact) mass is 277 g/mol. The zero-order valence-corrected chi connectivity index (χ0v) is 13.5. The molecule has 1 fully saturated rings.